The molecule has 0 aliphatic carbocycles. The monoisotopic (exact) mass is 357 g/mol. The van der Waals surface area contributed by atoms with Gasteiger partial charge in [-0.05, 0) is 69.7 Å². The van der Waals surface area contributed by atoms with E-state index in [1.54, 1.807) is 31.4 Å². The maximum absolute atomic E-state index is 12.3. The molecule has 0 bridgehead atoms. The third kappa shape index (κ3) is 5.69. The highest BCUT2D eigenvalue weighted by Gasteiger charge is 2.10. The first-order chi connectivity index (χ1) is 12.4. The number of benzene rings is 2. The highest BCUT2D eigenvalue weighted by atomic mass is 16.5. The van der Waals surface area contributed by atoms with Crippen LogP contribution in [0.1, 0.15) is 43.6 Å². The Balaban J connectivity index is 1.98. The molecule has 0 aliphatic heterocycles. The van der Waals surface area contributed by atoms with Crippen LogP contribution in [0.2, 0.25) is 0 Å². The standard InChI is InChI=1S/C21H27NO4/c1-14(2)25-18-9-7-17(8-10-18)21(23)22-13-16-6-11-19(26-15(3)4)20(12-16)24-5/h6-12,14-15H,13H2,1-5H3,(H,22,23). The van der Waals surface area contributed by atoms with Crippen LogP contribution in [0.25, 0.3) is 0 Å². The number of hydrogen-bond acceptors (Lipinski definition) is 4. The summed E-state index contributed by atoms with van der Waals surface area (Å²) in [5, 5.41) is 2.91. The Hall–Kier alpha value is -2.69. The van der Waals surface area contributed by atoms with Crippen molar-refractivity contribution in [3.8, 4) is 17.2 Å². The third-order valence-electron chi connectivity index (χ3n) is 3.53. The Kier molecular flexibility index (Phi) is 6.89. The van der Waals surface area contributed by atoms with Crippen LogP contribution in [-0.2, 0) is 6.54 Å². The first-order valence-corrected chi connectivity index (χ1v) is 8.77. The number of amides is 1. The van der Waals surface area contributed by atoms with Crippen LogP contribution in [0.3, 0.4) is 0 Å². The summed E-state index contributed by atoms with van der Waals surface area (Å²) >= 11 is 0. The van der Waals surface area contributed by atoms with Crippen LogP contribution in [0.4, 0.5) is 0 Å². The zero-order valence-electron chi connectivity index (χ0n) is 16.0. The normalized spacial score (nSPS) is 10.7. The van der Waals surface area contributed by atoms with Gasteiger partial charge in [0, 0.05) is 12.1 Å². The molecular formula is C21H27NO4. The fraction of sp³-hybridized carbons (Fsp3) is 0.381. The minimum Gasteiger partial charge on any atom is -0.493 e. The van der Waals surface area contributed by atoms with Crippen LogP contribution in [0.5, 0.6) is 17.2 Å². The number of nitrogens with one attached hydrogen (secondary N) is 1. The van der Waals surface area contributed by atoms with Crippen molar-refractivity contribution in [3.05, 3.63) is 53.6 Å². The quantitative estimate of drug-likeness (QED) is 0.769. The average Bonchev–Trinajstić information content (AvgIpc) is 2.60. The summed E-state index contributed by atoms with van der Waals surface area (Å²) in [6.07, 6.45) is 0.171. The molecule has 0 unspecified atom stereocenters. The number of carbonyl (C=O) groups is 1. The van der Waals surface area contributed by atoms with Crippen molar-refractivity contribution in [1.29, 1.82) is 0 Å². The number of carbonyl (C=O) groups excluding carboxylic acids is 1. The van der Waals surface area contributed by atoms with E-state index in [1.165, 1.54) is 0 Å². The van der Waals surface area contributed by atoms with Crippen molar-refractivity contribution in [2.24, 2.45) is 0 Å². The second kappa shape index (κ2) is 9.13. The molecule has 0 atom stereocenters. The van der Waals surface area contributed by atoms with E-state index in [9.17, 15) is 4.79 Å². The smallest absolute Gasteiger partial charge is 0.251 e. The molecule has 5 heteroatoms. The van der Waals surface area contributed by atoms with Gasteiger partial charge in [0.05, 0.1) is 19.3 Å². The van der Waals surface area contributed by atoms with E-state index < -0.39 is 0 Å². The van der Waals surface area contributed by atoms with Crippen LogP contribution in [0.15, 0.2) is 42.5 Å². The number of ether oxygens (including phenoxy) is 3. The SMILES string of the molecule is COc1cc(CNC(=O)c2ccc(OC(C)C)cc2)ccc1OC(C)C. The highest BCUT2D eigenvalue weighted by molar-refractivity contribution is 5.94. The van der Waals surface area contributed by atoms with Gasteiger partial charge in [0.15, 0.2) is 11.5 Å². The predicted molar refractivity (Wildman–Crippen MR) is 102 cm³/mol. The van der Waals surface area contributed by atoms with Gasteiger partial charge in [0.25, 0.3) is 5.91 Å². The van der Waals surface area contributed by atoms with Crippen LogP contribution in [0, 0.1) is 0 Å². The number of rotatable bonds is 8. The van der Waals surface area contributed by atoms with Crippen LogP contribution >= 0.6 is 0 Å². The second-order valence-corrected chi connectivity index (χ2v) is 6.53. The zero-order valence-corrected chi connectivity index (χ0v) is 16.0. The van der Waals surface area contributed by atoms with Crippen molar-refractivity contribution >= 4 is 5.91 Å². The van der Waals surface area contributed by atoms with E-state index in [4.69, 9.17) is 14.2 Å². The fourth-order valence-electron chi connectivity index (χ4n) is 2.41. The van der Waals surface area contributed by atoms with Gasteiger partial charge in [-0.1, -0.05) is 6.07 Å². The molecular weight excluding hydrogens is 330 g/mol. The summed E-state index contributed by atoms with van der Waals surface area (Å²) in [5.41, 5.74) is 1.53. The molecule has 2 aromatic carbocycles. The Labute approximate surface area is 155 Å². The lowest BCUT2D eigenvalue weighted by Crippen LogP contribution is -2.22. The summed E-state index contributed by atoms with van der Waals surface area (Å²) in [7, 11) is 1.60. The van der Waals surface area contributed by atoms with E-state index in [0.717, 1.165) is 11.3 Å². The van der Waals surface area contributed by atoms with E-state index in [1.807, 2.05) is 45.9 Å². The average molecular weight is 357 g/mol. The van der Waals surface area contributed by atoms with Crippen molar-refractivity contribution in [1.82, 2.24) is 5.32 Å². The Morgan fingerprint density at radius 3 is 2.15 bits per heavy atom. The van der Waals surface area contributed by atoms with Gasteiger partial charge >= 0.3 is 0 Å². The molecule has 0 saturated carbocycles. The van der Waals surface area contributed by atoms with Gasteiger partial charge in [-0.2, -0.15) is 0 Å². The van der Waals surface area contributed by atoms with E-state index in [-0.39, 0.29) is 18.1 Å². The molecule has 26 heavy (non-hydrogen) atoms. The molecule has 0 radical (unpaired) electrons. The lowest BCUT2D eigenvalue weighted by Gasteiger charge is -2.15. The first kappa shape index (κ1) is 19.6. The van der Waals surface area contributed by atoms with Gasteiger partial charge in [0.2, 0.25) is 0 Å². The number of methoxy groups -OCH3 is 1. The van der Waals surface area contributed by atoms with Gasteiger partial charge in [-0.25, -0.2) is 0 Å². The summed E-state index contributed by atoms with van der Waals surface area (Å²) < 4.78 is 16.7. The maximum atomic E-state index is 12.3. The Morgan fingerprint density at radius 1 is 0.923 bits per heavy atom. The summed E-state index contributed by atoms with van der Waals surface area (Å²) in [6, 6.07) is 12.8. The van der Waals surface area contributed by atoms with E-state index >= 15 is 0 Å². The molecule has 0 heterocycles. The van der Waals surface area contributed by atoms with Gasteiger partial charge in [0.1, 0.15) is 5.75 Å². The largest absolute Gasteiger partial charge is 0.493 e. The van der Waals surface area contributed by atoms with Crippen LogP contribution in [-0.4, -0.2) is 25.2 Å². The minimum atomic E-state index is -0.137. The lowest BCUT2D eigenvalue weighted by atomic mass is 10.1. The molecule has 0 aliphatic rings. The lowest BCUT2D eigenvalue weighted by molar-refractivity contribution is 0.0951. The topological polar surface area (TPSA) is 56.8 Å². The van der Waals surface area contributed by atoms with Gasteiger partial charge in [-0.15, -0.1) is 0 Å². The van der Waals surface area contributed by atoms with E-state index in [0.29, 0.717) is 23.6 Å². The maximum Gasteiger partial charge on any atom is 0.251 e. The molecule has 1 N–H and O–H groups in total. The summed E-state index contributed by atoms with van der Waals surface area (Å²) in [4.78, 5) is 12.3. The van der Waals surface area contributed by atoms with Crippen LogP contribution < -0.4 is 19.5 Å². The minimum absolute atomic E-state index is 0.0668. The molecule has 1 amide bonds. The second-order valence-electron chi connectivity index (χ2n) is 6.53. The molecule has 5 nitrogen and oxygen atoms in total. The summed E-state index contributed by atoms with van der Waals surface area (Å²) in [6.45, 7) is 8.26. The zero-order chi connectivity index (χ0) is 19.1. The fourth-order valence-corrected chi connectivity index (χ4v) is 2.41. The van der Waals surface area contributed by atoms with Gasteiger partial charge in [-0.3, -0.25) is 4.79 Å². The van der Waals surface area contributed by atoms with Crippen molar-refractivity contribution < 1.29 is 19.0 Å². The van der Waals surface area contributed by atoms with Gasteiger partial charge < -0.3 is 19.5 Å². The first-order valence-electron chi connectivity index (χ1n) is 8.77. The molecule has 0 saturated heterocycles. The molecule has 0 fully saturated rings. The Morgan fingerprint density at radius 2 is 1.58 bits per heavy atom. The predicted octanol–water partition coefficient (Wildman–Crippen LogP) is 4.20. The van der Waals surface area contributed by atoms with Crippen molar-refractivity contribution in [3.63, 3.8) is 0 Å². The molecule has 2 rings (SSSR count). The molecule has 0 spiro atoms. The molecule has 2 aromatic rings. The Bertz CT molecular complexity index is 723. The molecule has 140 valence electrons. The van der Waals surface area contributed by atoms with Crippen molar-refractivity contribution in [2.75, 3.05) is 7.11 Å². The van der Waals surface area contributed by atoms with E-state index in [2.05, 4.69) is 5.32 Å². The third-order valence-corrected chi connectivity index (χ3v) is 3.53. The number of hydrogen-bond donors (Lipinski definition) is 1. The molecule has 0 aromatic heterocycles. The highest BCUT2D eigenvalue weighted by Crippen LogP contribution is 2.29. The summed E-state index contributed by atoms with van der Waals surface area (Å²) in [5.74, 6) is 1.96. The van der Waals surface area contributed by atoms with Crippen molar-refractivity contribution in [2.45, 2.75) is 46.4 Å².